The number of aromatic nitrogens is 1. The van der Waals surface area contributed by atoms with Gasteiger partial charge in [-0.3, -0.25) is 5.32 Å². The molecule has 0 fully saturated rings. The molecule has 2 aromatic rings. The average molecular weight is 280 g/mol. The van der Waals surface area contributed by atoms with Gasteiger partial charge in [-0.25, -0.2) is 14.6 Å². The molecule has 0 atom stereocenters. The monoisotopic (exact) mass is 280 g/mol. The zero-order valence-corrected chi connectivity index (χ0v) is 11.2. The number of nitrogens with one attached hydrogen (secondary N) is 1. The van der Waals surface area contributed by atoms with E-state index in [2.05, 4.69) is 15.0 Å². The maximum atomic E-state index is 11.6. The van der Waals surface area contributed by atoms with Crippen LogP contribution in [-0.2, 0) is 9.47 Å². The molecule has 0 aliphatic heterocycles. The highest BCUT2D eigenvalue weighted by Gasteiger charge is 2.11. The molecule has 0 bridgehead atoms. The van der Waals surface area contributed by atoms with E-state index in [-0.39, 0.29) is 5.97 Å². The molecule has 2 rings (SSSR count). The number of carbonyl (C=O) groups excluding carboxylic acids is 2. The number of fused-ring (bicyclic) bond motifs is 1. The predicted molar refractivity (Wildman–Crippen MR) is 71.6 cm³/mol. The lowest BCUT2D eigenvalue weighted by Crippen LogP contribution is -2.10. The normalized spacial score (nSPS) is 10.2. The van der Waals surface area contributed by atoms with E-state index in [4.69, 9.17) is 4.74 Å². The van der Waals surface area contributed by atoms with Crippen molar-refractivity contribution in [2.45, 2.75) is 6.92 Å². The van der Waals surface area contributed by atoms with E-state index >= 15 is 0 Å². The van der Waals surface area contributed by atoms with Crippen LogP contribution in [-0.4, -0.2) is 30.8 Å². The minimum absolute atomic E-state index is 0.328. The number of nitrogens with zero attached hydrogens (tertiary/aromatic N) is 1. The highest BCUT2D eigenvalue weighted by atomic mass is 32.1. The summed E-state index contributed by atoms with van der Waals surface area (Å²) in [5, 5.41) is 2.90. The zero-order valence-electron chi connectivity index (χ0n) is 10.4. The maximum Gasteiger partial charge on any atom is 0.413 e. The summed E-state index contributed by atoms with van der Waals surface area (Å²) in [4.78, 5) is 26.9. The Morgan fingerprint density at radius 1 is 1.42 bits per heavy atom. The van der Waals surface area contributed by atoms with Crippen LogP contribution in [0.25, 0.3) is 10.2 Å². The molecule has 0 saturated carbocycles. The summed E-state index contributed by atoms with van der Waals surface area (Å²) in [6, 6.07) is 5.04. The highest BCUT2D eigenvalue weighted by Crippen LogP contribution is 2.27. The molecule has 19 heavy (non-hydrogen) atoms. The van der Waals surface area contributed by atoms with Gasteiger partial charge < -0.3 is 9.47 Å². The number of esters is 1. The first-order valence-corrected chi connectivity index (χ1v) is 6.38. The Labute approximate surface area is 113 Å². The first-order valence-electron chi connectivity index (χ1n) is 5.56. The molecular formula is C12H12N2O4S. The number of amides is 1. The summed E-state index contributed by atoms with van der Waals surface area (Å²) < 4.78 is 10.2. The molecular weight excluding hydrogens is 268 g/mol. The van der Waals surface area contributed by atoms with E-state index in [1.165, 1.54) is 18.4 Å². The second-order valence-electron chi connectivity index (χ2n) is 3.54. The molecule has 0 aliphatic carbocycles. The quantitative estimate of drug-likeness (QED) is 0.874. The maximum absolute atomic E-state index is 11.6. The van der Waals surface area contributed by atoms with Crippen molar-refractivity contribution in [2.75, 3.05) is 19.0 Å². The first kappa shape index (κ1) is 13.3. The number of benzene rings is 1. The van der Waals surface area contributed by atoms with Gasteiger partial charge in [-0.1, -0.05) is 11.3 Å². The van der Waals surface area contributed by atoms with Crippen LogP contribution in [0, 0.1) is 0 Å². The molecule has 0 saturated heterocycles. The van der Waals surface area contributed by atoms with Crippen molar-refractivity contribution < 1.29 is 19.1 Å². The first-order chi connectivity index (χ1) is 9.13. The van der Waals surface area contributed by atoms with E-state index in [1.54, 1.807) is 25.1 Å². The number of anilines is 1. The fourth-order valence-corrected chi connectivity index (χ4v) is 2.35. The van der Waals surface area contributed by atoms with Gasteiger partial charge in [0, 0.05) is 0 Å². The summed E-state index contributed by atoms with van der Waals surface area (Å²) in [6.07, 6.45) is -0.579. The molecule has 0 spiro atoms. The van der Waals surface area contributed by atoms with Crippen molar-refractivity contribution in [1.29, 1.82) is 0 Å². The van der Waals surface area contributed by atoms with Gasteiger partial charge in [-0.2, -0.15) is 0 Å². The Hall–Kier alpha value is -2.15. The van der Waals surface area contributed by atoms with Crippen LogP contribution in [0.1, 0.15) is 17.3 Å². The molecule has 1 amide bonds. The van der Waals surface area contributed by atoms with Gasteiger partial charge in [0.1, 0.15) is 0 Å². The Bertz CT molecular complexity index is 623. The fourth-order valence-electron chi connectivity index (χ4n) is 1.46. The highest BCUT2D eigenvalue weighted by molar-refractivity contribution is 7.22. The van der Waals surface area contributed by atoms with Gasteiger partial charge in [0.05, 0.1) is 29.5 Å². The number of hydrogen-bond donors (Lipinski definition) is 1. The third kappa shape index (κ3) is 3.00. The molecule has 0 unspecified atom stereocenters. The lowest BCUT2D eigenvalue weighted by molar-refractivity contribution is 0.0526. The number of ether oxygens (including phenoxy) is 2. The van der Waals surface area contributed by atoms with E-state index in [0.29, 0.717) is 22.8 Å². The average Bonchev–Trinajstić information content (AvgIpc) is 2.79. The third-order valence-corrected chi connectivity index (χ3v) is 3.23. The molecule has 7 heteroatoms. The summed E-state index contributed by atoms with van der Waals surface area (Å²) in [5.74, 6) is -0.375. The second kappa shape index (κ2) is 5.66. The van der Waals surface area contributed by atoms with Crippen LogP contribution in [0.4, 0.5) is 9.93 Å². The topological polar surface area (TPSA) is 77.5 Å². The summed E-state index contributed by atoms with van der Waals surface area (Å²) in [5.41, 5.74) is 1.16. The van der Waals surface area contributed by atoms with E-state index in [9.17, 15) is 9.59 Å². The molecule has 1 aromatic heterocycles. The Morgan fingerprint density at radius 3 is 2.89 bits per heavy atom. The summed E-state index contributed by atoms with van der Waals surface area (Å²) in [6.45, 7) is 2.08. The molecule has 6 nitrogen and oxygen atoms in total. The summed E-state index contributed by atoms with van der Waals surface area (Å²) in [7, 11) is 1.28. The van der Waals surface area contributed by atoms with Gasteiger partial charge in [-0.05, 0) is 25.1 Å². The van der Waals surface area contributed by atoms with Gasteiger partial charge >= 0.3 is 12.1 Å². The van der Waals surface area contributed by atoms with Crippen LogP contribution >= 0.6 is 11.3 Å². The van der Waals surface area contributed by atoms with Crippen LogP contribution in [0.15, 0.2) is 18.2 Å². The SMILES string of the molecule is CCOC(=O)c1ccc2nc(NC(=O)OC)sc2c1. The van der Waals surface area contributed by atoms with Crippen molar-refractivity contribution in [3.05, 3.63) is 23.8 Å². The van der Waals surface area contributed by atoms with Crippen molar-refractivity contribution in [2.24, 2.45) is 0 Å². The molecule has 0 aliphatic rings. The smallest absolute Gasteiger partial charge is 0.413 e. The van der Waals surface area contributed by atoms with Crippen LogP contribution in [0.2, 0.25) is 0 Å². The minimum atomic E-state index is -0.579. The van der Waals surface area contributed by atoms with Crippen LogP contribution < -0.4 is 5.32 Å². The lowest BCUT2D eigenvalue weighted by Gasteiger charge is -2.00. The zero-order chi connectivity index (χ0) is 13.8. The largest absolute Gasteiger partial charge is 0.462 e. The molecule has 0 radical (unpaired) electrons. The van der Waals surface area contributed by atoms with Crippen molar-refractivity contribution >= 4 is 38.7 Å². The fraction of sp³-hybridized carbons (Fsp3) is 0.250. The van der Waals surface area contributed by atoms with E-state index < -0.39 is 6.09 Å². The number of methoxy groups -OCH3 is 1. The summed E-state index contributed by atoms with van der Waals surface area (Å²) >= 11 is 1.26. The molecule has 100 valence electrons. The number of hydrogen-bond acceptors (Lipinski definition) is 6. The number of carbonyl (C=O) groups is 2. The van der Waals surface area contributed by atoms with E-state index in [0.717, 1.165) is 4.70 Å². The van der Waals surface area contributed by atoms with Gasteiger partial charge in [0.2, 0.25) is 0 Å². The molecule has 1 heterocycles. The van der Waals surface area contributed by atoms with Crippen LogP contribution in [0.3, 0.4) is 0 Å². The van der Waals surface area contributed by atoms with E-state index in [1.807, 2.05) is 0 Å². The third-order valence-electron chi connectivity index (χ3n) is 2.29. The van der Waals surface area contributed by atoms with Crippen molar-refractivity contribution in [1.82, 2.24) is 4.98 Å². The number of rotatable bonds is 3. The van der Waals surface area contributed by atoms with Gasteiger partial charge in [0.15, 0.2) is 5.13 Å². The second-order valence-corrected chi connectivity index (χ2v) is 4.57. The minimum Gasteiger partial charge on any atom is -0.462 e. The Balaban J connectivity index is 2.28. The molecule has 1 aromatic carbocycles. The lowest BCUT2D eigenvalue weighted by atomic mass is 10.2. The molecule has 1 N–H and O–H groups in total. The van der Waals surface area contributed by atoms with Crippen LogP contribution in [0.5, 0.6) is 0 Å². The standard InChI is InChI=1S/C12H12N2O4S/c1-3-18-10(15)7-4-5-8-9(6-7)19-11(13-8)14-12(16)17-2/h4-6H,3H2,1-2H3,(H,13,14,16). The van der Waals surface area contributed by atoms with Crippen molar-refractivity contribution in [3.8, 4) is 0 Å². The van der Waals surface area contributed by atoms with Crippen molar-refractivity contribution in [3.63, 3.8) is 0 Å². The predicted octanol–water partition coefficient (Wildman–Crippen LogP) is 2.65. The van der Waals surface area contributed by atoms with Gasteiger partial charge in [0.25, 0.3) is 0 Å². The Morgan fingerprint density at radius 2 is 2.21 bits per heavy atom. The Kier molecular flexibility index (Phi) is 3.96. The number of thiazole rings is 1. The van der Waals surface area contributed by atoms with Gasteiger partial charge in [-0.15, -0.1) is 0 Å².